The molecule has 1 N–H and O–H groups in total. The number of ether oxygens (including phenoxy) is 1. The second-order valence-corrected chi connectivity index (χ2v) is 7.32. The molecule has 0 bridgehead atoms. The topological polar surface area (TPSA) is 29.5 Å². The van der Waals surface area contributed by atoms with E-state index in [1.807, 2.05) is 18.2 Å². The molecule has 0 amide bonds. The first-order valence-electron chi connectivity index (χ1n) is 7.56. The van der Waals surface area contributed by atoms with Crippen molar-refractivity contribution in [3.05, 3.63) is 28.2 Å². The van der Waals surface area contributed by atoms with Crippen molar-refractivity contribution in [3.8, 4) is 5.75 Å². The van der Waals surface area contributed by atoms with Crippen molar-refractivity contribution >= 4 is 15.9 Å². The molecule has 0 heterocycles. The maximum Gasteiger partial charge on any atom is 0.133 e. The average molecular weight is 341 g/mol. The van der Waals surface area contributed by atoms with Crippen LogP contribution in [0.5, 0.6) is 5.75 Å². The lowest BCUT2D eigenvalue weighted by Crippen LogP contribution is -2.24. The fraction of sp³-hybridized carbons (Fsp3) is 0.647. The summed E-state index contributed by atoms with van der Waals surface area (Å²) in [6, 6.07) is 5.96. The summed E-state index contributed by atoms with van der Waals surface area (Å²) < 4.78 is 6.59. The van der Waals surface area contributed by atoms with E-state index in [1.54, 1.807) is 0 Å². The third-order valence-electron chi connectivity index (χ3n) is 4.48. The van der Waals surface area contributed by atoms with Crippen LogP contribution in [0.15, 0.2) is 22.7 Å². The lowest BCUT2D eigenvalue weighted by atomic mass is 9.77. The van der Waals surface area contributed by atoms with Crippen LogP contribution >= 0.6 is 15.9 Å². The monoisotopic (exact) mass is 340 g/mol. The molecule has 1 aliphatic carbocycles. The zero-order chi connectivity index (χ0) is 14.8. The number of hydrogen-bond donors (Lipinski definition) is 1. The summed E-state index contributed by atoms with van der Waals surface area (Å²) in [6.07, 6.45) is 4.14. The highest BCUT2D eigenvalue weighted by atomic mass is 79.9. The highest BCUT2D eigenvalue weighted by Crippen LogP contribution is 2.49. The minimum absolute atomic E-state index is 0.225. The maximum absolute atomic E-state index is 10.7. The zero-order valence-electron chi connectivity index (χ0n) is 12.7. The van der Waals surface area contributed by atoms with Crippen LogP contribution in [0.2, 0.25) is 0 Å². The molecule has 1 fully saturated rings. The molecule has 0 aliphatic heterocycles. The van der Waals surface area contributed by atoms with Crippen LogP contribution in [-0.4, -0.2) is 11.7 Å². The first kappa shape index (κ1) is 15.8. The average Bonchev–Trinajstić information content (AvgIpc) is 2.76. The number of aliphatic hydroxyl groups is 1. The maximum atomic E-state index is 10.7. The summed E-state index contributed by atoms with van der Waals surface area (Å²) in [4.78, 5) is 0. The van der Waals surface area contributed by atoms with E-state index in [2.05, 4.69) is 36.7 Å². The predicted molar refractivity (Wildman–Crippen MR) is 86.0 cm³/mol. The van der Waals surface area contributed by atoms with Gasteiger partial charge in [0, 0.05) is 0 Å². The molecule has 2 atom stereocenters. The molecule has 0 radical (unpaired) electrons. The Morgan fingerprint density at radius 1 is 1.45 bits per heavy atom. The lowest BCUT2D eigenvalue weighted by molar-refractivity contribution is 0.0531. The quantitative estimate of drug-likeness (QED) is 0.808. The molecular formula is C17H25BrO2. The van der Waals surface area contributed by atoms with E-state index in [4.69, 9.17) is 4.74 Å². The van der Waals surface area contributed by atoms with Crippen LogP contribution in [0, 0.1) is 11.3 Å². The molecule has 1 aromatic carbocycles. The van der Waals surface area contributed by atoms with Gasteiger partial charge in [0.15, 0.2) is 0 Å². The van der Waals surface area contributed by atoms with Crippen molar-refractivity contribution in [3.63, 3.8) is 0 Å². The van der Waals surface area contributed by atoms with Crippen molar-refractivity contribution in [1.29, 1.82) is 0 Å². The minimum atomic E-state index is -0.385. The molecule has 2 rings (SSSR count). The summed E-state index contributed by atoms with van der Waals surface area (Å²) in [5, 5.41) is 10.7. The molecule has 1 aliphatic rings. The Hall–Kier alpha value is -0.540. The Morgan fingerprint density at radius 2 is 2.20 bits per heavy atom. The van der Waals surface area contributed by atoms with E-state index in [9.17, 15) is 5.11 Å². The second-order valence-electron chi connectivity index (χ2n) is 6.47. The van der Waals surface area contributed by atoms with E-state index >= 15 is 0 Å². The van der Waals surface area contributed by atoms with Crippen LogP contribution in [0.1, 0.15) is 58.1 Å². The standard InChI is InChI=1S/C17H25BrO2/c1-4-10-20-15-8-7-12(11-14(15)18)16(19)13-6-5-9-17(13,2)3/h7-8,11,13,16,19H,4-6,9-10H2,1-3H3. The largest absolute Gasteiger partial charge is 0.492 e. The summed E-state index contributed by atoms with van der Waals surface area (Å²) >= 11 is 3.55. The van der Waals surface area contributed by atoms with Gasteiger partial charge >= 0.3 is 0 Å². The molecule has 0 saturated heterocycles. The number of halogens is 1. The van der Waals surface area contributed by atoms with Gasteiger partial charge in [-0.15, -0.1) is 0 Å². The summed E-state index contributed by atoms with van der Waals surface area (Å²) in [5.74, 6) is 1.20. The van der Waals surface area contributed by atoms with Gasteiger partial charge in [0.1, 0.15) is 5.75 Å². The SMILES string of the molecule is CCCOc1ccc(C(O)C2CCCC2(C)C)cc1Br. The van der Waals surface area contributed by atoms with Gasteiger partial charge in [0.2, 0.25) is 0 Å². The van der Waals surface area contributed by atoms with Gasteiger partial charge in [-0.1, -0.05) is 33.3 Å². The van der Waals surface area contributed by atoms with Crippen LogP contribution < -0.4 is 4.74 Å². The smallest absolute Gasteiger partial charge is 0.133 e. The molecule has 2 unspecified atom stereocenters. The van der Waals surface area contributed by atoms with Crippen LogP contribution in [0.25, 0.3) is 0 Å². The van der Waals surface area contributed by atoms with Crippen molar-refractivity contribution in [1.82, 2.24) is 0 Å². The third-order valence-corrected chi connectivity index (χ3v) is 5.10. The molecular weight excluding hydrogens is 316 g/mol. The van der Waals surface area contributed by atoms with Gasteiger partial charge in [-0.3, -0.25) is 0 Å². The molecule has 1 saturated carbocycles. The Labute approximate surface area is 130 Å². The van der Waals surface area contributed by atoms with Crippen LogP contribution in [0.4, 0.5) is 0 Å². The van der Waals surface area contributed by atoms with E-state index in [0.717, 1.165) is 35.2 Å². The number of aliphatic hydroxyl groups excluding tert-OH is 1. The Kier molecular flexibility index (Phi) is 5.14. The lowest BCUT2D eigenvalue weighted by Gasteiger charge is -2.31. The first-order valence-corrected chi connectivity index (χ1v) is 8.35. The molecule has 0 aromatic heterocycles. The van der Waals surface area contributed by atoms with E-state index < -0.39 is 0 Å². The van der Waals surface area contributed by atoms with Gasteiger partial charge in [0.25, 0.3) is 0 Å². The summed E-state index contributed by atoms with van der Waals surface area (Å²) in [5.41, 5.74) is 1.21. The Morgan fingerprint density at radius 3 is 2.75 bits per heavy atom. The molecule has 2 nitrogen and oxygen atoms in total. The van der Waals surface area contributed by atoms with E-state index in [1.165, 1.54) is 12.8 Å². The molecule has 20 heavy (non-hydrogen) atoms. The Balaban J connectivity index is 2.14. The second kappa shape index (κ2) is 6.48. The fourth-order valence-corrected chi connectivity index (χ4v) is 3.71. The Bertz CT molecular complexity index is 456. The first-order chi connectivity index (χ1) is 9.45. The molecule has 112 valence electrons. The van der Waals surface area contributed by atoms with Crippen molar-refractivity contribution in [2.75, 3.05) is 6.61 Å². The van der Waals surface area contributed by atoms with Crippen molar-refractivity contribution in [2.45, 2.75) is 52.6 Å². The normalized spacial score (nSPS) is 22.8. The molecule has 1 aromatic rings. The fourth-order valence-electron chi connectivity index (χ4n) is 3.20. The van der Waals surface area contributed by atoms with E-state index in [-0.39, 0.29) is 11.5 Å². The van der Waals surface area contributed by atoms with Crippen molar-refractivity contribution < 1.29 is 9.84 Å². The summed E-state index contributed by atoms with van der Waals surface area (Å²) in [6.45, 7) is 7.34. The number of rotatable bonds is 5. The molecule has 0 spiro atoms. The summed E-state index contributed by atoms with van der Waals surface area (Å²) in [7, 11) is 0. The van der Waals surface area contributed by atoms with Gasteiger partial charge in [-0.2, -0.15) is 0 Å². The molecule has 3 heteroatoms. The van der Waals surface area contributed by atoms with Gasteiger partial charge in [0.05, 0.1) is 17.2 Å². The van der Waals surface area contributed by atoms with Crippen LogP contribution in [0.3, 0.4) is 0 Å². The van der Waals surface area contributed by atoms with Gasteiger partial charge in [-0.25, -0.2) is 0 Å². The highest BCUT2D eigenvalue weighted by molar-refractivity contribution is 9.10. The number of benzene rings is 1. The van der Waals surface area contributed by atoms with Gasteiger partial charge < -0.3 is 9.84 Å². The van der Waals surface area contributed by atoms with E-state index in [0.29, 0.717) is 5.92 Å². The third kappa shape index (κ3) is 3.37. The highest BCUT2D eigenvalue weighted by Gasteiger charge is 2.39. The van der Waals surface area contributed by atoms with Gasteiger partial charge in [-0.05, 0) is 64.2 Å². The van der Waals surface area contributed by atoms with Crippen LogP contribution in [-0.2, 0) is 0 Å². The zero-order valence-corrected chi connectivity index (χ0v) is 14.2. The minimum Gasteiger partial charge on any atom is -0.492 e. The predicted octanol–water partition coefficient (Wildman–Crippen LogP) is 5.10. The van der Waals surface area contributed by atoms with Crippen molar-refractivity contribution in [2.24, 2.45) is 11.3 Å². The number of hydrogen-bond acceptors (Lipinski definition) is 2.